The molecule has 0 aliphatic rings. The number of para-hydroxylation sites is 1. The molecule has 0 saturated heterocycles. The molecule has 2 N–H and O–H groups in total. The van der Waals surface area contributed by atoms with Gasteiger partial charge < -0.3 is 24.8 Å². The van der Waals surface area contributed by atoms with Crippen molar-refractivity contribution >= 4 is 29.9 Å². The molecule has 1 aromatic carbocycles. The maximum absolute atomic E-state index is 12.4. The van der Waals surface area contributed by atoms with Crippen molar-refractivity contribution in [3.8, 4) is 5.75 Å². The van der Waals surface area contributed by atoms with E-state index >= 15 is 0 Å². The van der Waals surface area contributed by atoms with Gasteiger partial charge in [0.25, 0.3) is 0 Å². The minimum absolute atomic E-state index is 0. The van der Waals surface area contributed by atoms with E-state index < -0.39 is 12.8 Å². The lowest BCUT2D eigenvalue weighted by atomic mass is 10.2. The third-order valence-electron chi connectivity index (χ3n) is 3.59. The summed E-state index contributed by atoms with van der Waals surface area (Å²) in [6.07, 6.45) is -2.22. The van der Waals surface area contributed by atoms with Crippen molar-refractivity contribution in [2.75, 3.05) is 46.6 Å². The Balaban J connectivity index is 0.00000784. The van der Waals surface area contributed by atoms with Crippen molar-refractivity contribution in [3.63, 3.8) is 0 Å². The highest BCUT2D eigenvalue weighted by molar-refractivity contribution is 14.0. The number of nitrogens with zero attached hydrogens (tertiary/aromatic N) is 1. The van der Waals surface area contributed by atoms with E-state index in [-0.39, 0.29) is 36.3 Å². The third kappa shape index (κ3) is 14.4. The number of rotatable bonds is 13. The maximum atomic E-state index is 12.4. The molecule has 29 heavy (non-hydrogen) atoms. The summed E-state index contributed by atoms with van der Waals surface area (Å²) in [6, 6.07) is 6.58. The van der Waals surface area contributed by atoms with Gasteiger partial charge in [0.2, 0.25) is 0 Å². The molecule has 168 valence electrons. The van der Waals surface area contributed by atoms with Crippen molar-refractivity contribution in [1.82, 2.24) is 10.6 Å². The number of ether oxygens (including phenoxy) is 3. The highest BCUT2D eigenvalue weighted by atomic mass is 127. The van der Waals surface area contributed by atoms with E-state index in [4.69, 9.17) is 14.2 Å². The van der Waals surface area contributed by atoms with Gasteiger partial charge in [0.15, 0.2) is 12.6 Å². The lowest BCUT2D eigenvalue weighted by molar-refractivity contribution is -0.153. The molecular weight excluding hydrogens is 502 g/mol. The summed E-state index contributed by atoms with van der Waals surface area (Å²) in [5.74, 6) is 0.711. The minimum atomic E-state index is -4.38. The van der Waals surface area contributed by atoms with Crippen molar-refractivity contribution in [3.05, 3.63) is 29.8 Å². The lowest BCUT2D eigenvalue weighted by Crippen LogP contribution is -2.38. The number of benzene rings is 1. The number of nitrogens with one attached hydrogen (secondary N) is 2. The summed E-state index contributed by atoms with van der Waals surface area (Å²) >= 11 is 0. The van der Waals surface area contributed by atoms with E-state index in [0.29, 0.717) is 37.9 Å². The van der Waals surface area contributed by atoms with Crippen LogP contribution in [0.1, 0.15) is 25.3 Å². The van der Waals surface area contributed by atoms with Crippen LogP contribution in [0.25, 0.3) is 0 Å². The first-order valence-corrected chi connectivity index (χ1v) is 9.33. The third-order valence-corrected chi connectivity index (χ3v) is 3.59. The zero-order chi connectivity index (χ0) is 20.7. The van der Waals surface area contributed by atoms with Crippen LogP contribution in [0.15, 0.2) is 29.3 Å². The molecule has 6 nitrogen and oxygen atoms in total. The maximum Gasteiger partial charge on any atom is 0.422 e. The molecule has 1 rings (SSSR count). The molecule has 10 heteroatoms. The number of guanidine groups is 1. The van der Waals surface area contributed by atoms with Gasteiger partial charge in [-0.1, -0.05) is 31.5 Å². The highest BCUT2D eigenvalue weighted by Gasteiger charge is 2.28. The number of hydrogen-bond donors (Lipinski definition) is 2. The number of aliphatic imine (C=N–C) groups is 1. The van der Waals surface area contributed by atoms with Gasteiger partial charge in [0.05, 0.1) is 19.8 Å². The van der Waals surface area contributed by atoms with Gasteiger partial charge in [0, 0.05) is 32.3 Å². The van der Waals surface area contributed by atoms with Gasteiger partial charge >= 0.3 is 6.18 Å². The lowest BCUT2D eigenvalue weighted by Gasteiger charge is -2.15. The molecule has 0 spiro atoms. The Kier molecular flexibility index (Phi) is 15.8. The van der Waals surface area contributed by atoms with Gasteiger partial charge in [-0.2, -0.15) is 13.2 Å². The number of hydrogen-bond acceptors (Lipinski definition) is 4. The van der Waals surface area contributed by atoms with Crippen molar-refractivity contribution in [2.45, 2.75) is 32.5 Å². The SMILES string of the molecule is CCCCOCCOCCNC(=NC)NCc1ccccc1OCC(F)(F)F.I. The Morgan fingerprint density at radius 1 is 1.03 bits per heavy atom. The molecule has 0 amide bonds. The molecule has 0 aliphatic heterocycles. The van der Waals surface area contributed by atoms with Gasteiger partial charge in [-0.05, 0) is 12.5 Å². The number of unbranched alkanes of at least 4 members (excludes halogenated alkanes) is 1. The molecule has 0 aromatic heterocycles. The van der Waals surface area contributed by atoms with Crippen LogP contribution < -0.4 is 15.4 Å². The van der Waals surface area contributed by atoms with Crippen LogP contribution in [0.3, 0.4) is 0 Å². The summed E-state index contributed by atoms with van der Waals surface area (Å²) in [5, 5.41) is 6.12. The fourth-order valence-electron chi connectivity index (χ4n) is 2.16. The fraction of sp³-hybridized carbons (Fsp3) is 0.632. The Hall–Kier alpha value is -1.27. The molecule has 0 fully saturated rings. The molecule has 0 bridgehead atoms. The molecule has 0 aliphatic carbocycles. The molecule has 0 unspecified atom stereocenters. The standard InChI is InChI=1S/C19H30F3N3O3.HI/c1-3-4-10-26-12-13-27-11-9-24-18(23-2)25-14-16-7-5-6-8-17(16)28-15-19(20,21)22;/h5-8H,3-4,9-15H2,1-2H3,(H2,23,24,25);1H. The van der Waals surface area contributed by atoms with Gasteiger partial charge in [0.1, 0.15) is 5.75 Å². The van der Waals surface area contributed by atoms with Crippen LogP contribution in [0, 0.1) is 0 Å². The van der Waals surface area contributed by atoms with E-state index in [2.05, 4.69) is 22.5 Å². The van der Waals surface area contributed by atoms with Crippen LogP contribution >= 0.6 is 24.0 Å². The second-order valence-corrected chi connectivity index (χ2v) is 5.94. The molecule has 0 saturated carbocycles. The van der Waals surface area contributed by atoms with Crippen LogP contribution in [0.4, 0.5) is 13.2 Å². The Morgan fingerprint density at radius 2 is 1.72 bits per heavy atom. The zero-order valence-electron chi connectivity index (χ0n) is 16.9. The zero-order valence-corrected chi connectivity index (χ0v) is 19.2. The summed E-state index contributed by atoms with van der Waals surface area (Å²) in [5.41, 5.74) is 0.607. The normalized spacial score (nSPS) is 11.7. The fourth-order valence-corrected chi connectivity index (χ4v) is 2.16. The predicted octanol–water partition coefficient (Wildman–Crippen LogP) is 3.74. The predicted molar refractivity (Wildman–Crippen MR) is 118 cm³/mol. The van der Waals surface area contributed by atoms with E-state index in [1.165, 1.54) is 6.07 Å². The molecular formula is C19H31F3IN3O3. The quantitative estimate of drug-likeness (QED) is 0.175. The molecule has 0 heterocycles. The molecule has 0 radical (unpaired) electrons. The average molecular weight is 533 g/mol. The second kappa shape index (κ2) is 16.5. The molecule has 0 atom stereocenters. The van der Waals surface area contributed by atoms with E-state index in [1.807, 2.05) is 0 Å². The van der Waals surface area contributed by atoms with Crippen LogP contribution in [-0.2, 0) is 16.0 Å². The first kappa shape index (κ1) is 27.7. The second-order valence-electron chi connectivity index (χ2n) is 5.94. The van der Waals surface area contributed by atoms with Crippen LogP contribution in [0.2, 0.25) is 0 Å². The van der Waals surface area contributed by atoms with Gasteiger partial charge in [-0.3, -0.25) is 4.99 Å². The van der Waals surface area contributed by atoms with E-state index in [0.717, 1.165) is 19.4 Å². The summed E-state index contributed by atoms with van der Waals surface area (Å²) < 4.78 is 52.8. The monoisotopic (exact) mass is 533 g/mol. The minimum Gasteiger partial charge on any atom is -0.484 e. The first-order chi connectivity index (χ1) is 13.5. The van der Waals surface area contributed by atoms with Gasteiger partial charge in [-0.15, -0.1) is 24.0 Å². The average Bonchev–Trinajstić information content (AvgIpc) is 2.67. The highest BCUT2D eigenvalue weighted by Crippen LogP contribution is 2.21. The van der Waals surface area contributed by atoms with Crippen molar-refractivity contribution < 1.29 is 27.4 Å². The summed E-state index contributed by atoms with van der Waals surface area (Å²) in [4.78, 5) is 4.08. The number of alkyl halides is 3. The smallest absolute Gasteiger partial charge is 0.422 e. The number of halogens is 4. The Morgan fingerprint density at radius 3 is 2.38 bits per heavy atom. The summed E-state index contributed by atoms with van der Waals surface area (Å²) in [7, 11) is 1.61. The van der Waals surface area contributed by atoms with Crippen LogP contribution in [0.5, 0.6) is 5.75 Å². The topological polar surface area (TPSA) is 64.1 Å². The Labute approximate surface area is 187 Å². The van der Waals surface area contributed by atoms with Crippen molar-refractivity contribution in [2.24, 2.45) is 4.99 Å². The van der Waals surface area contributed by atoms with E-state index in [1.54, 1.807) is 25.2 Å². The van der Waals surface area contributed by atoms with Crippen LogP contribution in [-0.4, -0.2) is 58.8 Å². The van der Waals surface area contributed by atoms with E-state index in [9.17, 15) is 13.2 Å². The van der Waals surface area contributed by atoms with Gasteiger partial charge in [-0.25, -0.2) is 0 Å². The summed E-state index contributed by atoms with van der Waals surface area (Å²) in [6.45, 7) is 3.95. The molecule has 1 aromatic rings. The first-order valence-electron chi connectivity index (χ1n) is 9.33. The largest absolute Gasteiger partial charge is 0.484 e. The Bertz CT molecular complexity index is 575. The van der Waals surface area contributed by atoms with Crippen molar-refractivity contribution in [1.29, 1.82) is 0 Å².